The number of nitrogens with zero attached hydrogens (tertiary/aromatic N) is 2. The number of rotatable bonds is 7. The smallest absolute Gasteiger partial charge is 0.202 e. The zero-order valence-corrected chi connectivity index (χ0v) is 11.0. The average Bonchev–Trinajstić information content (AvgIpc) is 2.84. The molecular formula is C15H21N3. The van der Waals surface area contributed by atoms with Crippen molar-refractivity contribution in [1.82, 2.24) is 9.55 Å². The Balaban J connectivity index is 1.73. The lowest BCUT2D eigenvalue weighted by Gasteiger charge is -2.08. The van der Waals surface area contributed by atoms with Gasteiger partial charge in [0.05, 0.1) is 0 Å². The second-order valence-electron chi connectivity index (χ2n) is 4.46. The van der Waals surface area contributed by atoms with Crippen molar-refractivity contribution < 1.29 is 0 Å². The van der Waals surface area contributed by atoms with Crippen molar-refractivity contribution in [1.29, 1.82) is 0 Å². The summed E-state index contributed by atoms with van der Waals surface area (Å²) in [5.41, 5.74) is 1.40. The first-order chi connectivity index (χ1) is 8.90. The molecule has 96 valence electrons. The quantitative estimate of drug-likeness (QED) is 0.756. The van der Waals surface area contributed by atoms with Gasteiger partial charge in [-0.1, -0.05) is 37.3 Å². The van der Waals surface area contributed by atoms with Gasteiger partial charge in [0.2, 0.25) is 5.95 Å². The van der Waals surface area contributed by atoms with E-state index in [0.29, 0.717) is 0 Å². The Morgan fingerprint density at radius 2 is 2.06 bits per heavy atom. The Morgan fingerprint density at radius 3 is 2.83 bits per heavy atom. The first-order valence-corrected chi connectivity index (χ1v) is 6.69. The highest BCUT2D eigenvalue weighted by atomic mass is 15.2. The van der Waals surface area contributed by atoms with Crippen molar-refractivity contribution in [3.63, 3.8) is 0 Å². The number of anilines is 1. The number of hydrogen-bond acceptors (Lipinski definition) is 2. The molecule has 1 aromatic carbocycles. The van der Waals surface area contributed by atoms with Crippen LogP contribution in [0.1, 0.15) is 25.3 Å². The summed E-state index contributed by atoms with van der Waals surface area (Å²) < 4.78 is 2.17. The molecule has 0 saturated carbocycles. The minimum Gasteiger partial charge on any atom is -0.356 e. The van der Waals surface area contributed by atoms with Gasteiger partial charge in [0, 0.05) is 25.5 Å². The van der Waals surface area contributed by atoms with Gasteiger partial charge in [-0.2, -0.15) is 0 Å². The molecule has 0 aliphatic heterocycles. The molecule has 0 unspecified atom stereocenters. The first-order valence-electron chi connectivity index (χ1n) is 6.69. The lowest BCUT2D eigenvalue weighted by molar-refractivity contribution is 0.680. The summed E-state index contributed by atoms with van der Waals surface area (Å²) in [7, 11) is 0. The molecule has 0 saturated heterocycles. The van der Waals surface area contributed by atoms with Gasteiger partial charge in [0.15, 0.2) is 0 Å². The van der Waals surface area contributed by atoms with Crippen molar-refractivity contribution in [2.75, 3.05) is 11.9 Å². The molecule has 1 N–H and O–H groups in total. The van der Waals surface area contributed by atoms with Crippen molar-refractivity contribution in [2.45, 2.75) is 32.7 Å². The summed E-state index contributed by atoms with van der Waals surface area (Å²) in [6.07, 6.45) is 7.26. The van der Waals surface area contributed by atoms with Gasteiger partial charge >= 0.3 is 0 Å². The fourth-order valence-electron chi connectivity index (χ4n) is 2.04. The van der Waals surface area contributed by atoms with Crippen LogP contribution in [-0.4, -0.2) is 16.1 Å². The van der Waals surface area contributed by atoms with E-state index < -0.39 is 0 Å². The van der Waals surface area contributed by atoms with E-state index >= 15 is 0 Å². The van der Waals surface area contributed by atoms with Gasteiger partial charge in [-0.15, -0.1) is 0 Å². The van der Waals surface area contributed by atoms with E-state index in [1.54, 1.807) is 0 Å². The van der Waals surface area contributed by atoms with Gasteiger partial charge in [-0.3, -0.25) is 0 Å². The van der Waals surface area contributed by atoms with Crippen LogP contribution in [0.4, 0.5) is 5.95 Å². The maximum Gasteiger partial charge on any atom is 0.202 e. The molecule has 0 radical (unpaired) electrons. The van der Waals surface area contributed by atoms with Crippen LogP contribution in [0.25, 0.3) is 0 Å². The van der Waals surface area contributed by atoms with Crippen LogP contribution in [0.3, 0.4) is 0 Å². The van der Waals surface area contributed by atoms with Crippen molar-refractivity contribution in [3.8, 4) is 0 Å². The molecule has 1 heterocycles. The SMILES string of the molecule is CCCn1ccnc1NCCCc1ccccc1. The maximum absolute atomic E-state index is 4.33. The molecule has 2 rings (SSSR count). The minimum absolute atomic E-state index is 0.968. The normalized spacial score (nSPS) is 10.5. The number of imidazole rings is 1. The summed E-state index contributed by atoms with van der Waals surface area (Å²) in [4.78, 5) is 4.33. The predicted molar refractivity (Wildman–Crippen MR) is 75.8 cm³/mol. The Hall–Kier alpha value is -1.77. The van der Waals surface area contributed by atoms with Gasteiger partial charge in [0.1, 0.15) is 0 Å². The highest BCUT2D eigenvalue weighted by Crippen LogP contribution is 2.06. The molecule has 3 nitrogen and oxygen atoms in total. The molecule has 0 amide bonds. The third-order valence-electron chi connectivity index (χ3n) is 2.95. The lowest BCUT2D eigenvalue weighted by atomic mass is 10.1. The molecule has 2 aromatic rings. The number of hydrogen-bond donors (Lipinski definition) is 1. The van der Waals surface area contributed by atoms with Crippen LogP contribution in [0, 0.1) is 0 Å². The number of aromatic nitrogens is 2. The first kappa shape index (κ1) is 12.7. The Labute approximate surface area is 109 Å². The van der Waals surface area contributed by atoms with Crippen LogP contribution in [0.15, 0.2) is 42.7 Å². The monoisotopic (exact) mass is 243 g/mol. The van der Waals surface area contributed by atoms with Crippen molar-refractivity contribution >= 4 is 5.95 Å². The van der Waals surface area contributed by atoms with Crippen LogP contribution < -0.4 is 5.32 Å². The summed E-state index contributed by atoms with van der Waals surface area (Å²) in [5.74, 6) is 0.991. The maximum atomic E-state index is 4.33. The third-order valence-corrected chi connectivity index (χ3v) is 2.95. The number of nitrogens with one attached hydrogen (secondary N) is 1. The van der Waals surface area contributed by atoms with E-state index in [1.165, 1.54) is 5.56 Å². The summed E-state index contributed by atoms with van der Waals surface area (Å²) in [6, 6.07) is 10.6. The van der Waals surface area contributed by atoms with Gasteiger partial charge in [-0.05, 0) is 24.8 Å². The highest BCUT2D eigenvalue weighted by Gasteiger charge is 2.00. The van der Waals surface area contributed by atoms with E-state index in [0.717, 1.165) is 38.3 Å². The molecule has 18 heavy (non-hydrogen) atoms. The third kappa shape index (κ3) is 3.62. The van der Waals surface area contributed by atoms with Crippen molar-refractivity contribution in [3.05, 3.63) is 48.3 Å². The standard InChI is InChI=1S/C15H21N3/c1-2-12-18-13-11-17-15(18)16-10-6-9-14-7-4-3-5-8-14/h3-5,7-8,11,13H,2,6,9-10,12H2,1H3,(H,16,17). The van der Waals surface area contributed by atoms with E-state index in [-0.39, 0.29) is 0 Å². The molecule has 0 spiro atoms. The fraction of sp³-hybridized carbons (Fsp3) is 0.400. The average molecular weight is 243 g/mol. The highest BCUT2D eigenvalue weighted by molar-refractivity contribution is 5.25. The zero-order valence-electron chi connectivity index (χ0n) is 11.0. The second-order valence-corrected chi connectivity index (χ2v) is 4.46. The lowest BCUT2D eigenvalue weighted by Crippen LogP contribution is -2.09. The van der Waals surface area contributed by atoms with E-state index in [1.807, 2.05) is 12.4 Å². The Morgan fingerprint density at radius 1 is 1.22 bits per heavy atom. The van der Waals surface area contributed by atoms with Crippen LogP contribution in [0.2, 0.25) is 0 Å². The molecule has 0 atom stereocenters. The van der Waals surface area contributed by atoms with Gasteiger partial charge in [0.25, 0.3) is 0 Å². The number of aryl methyl sites for hydroxylation is 2. The molecule has 0 bridgehead atoms. The molecule has 1 aromatic heterocycles. The predicted octanol–water partition coefficient (Wildman–Crippen LogP) is 3.34. The van der Waals surface area contributed by atoms with Gasteiger partial charge in [-0.25, -0.2) is 4.98 Å². The van der Waals surface area contributed by atoms with Gasteiger partial charge < -0.3 is 9.88 Å². The van der Waals surface area contributed by atoms with E-state index in [2.05, 4.69) is 52.1 Å². The Kier molecular flexibility index (Phi) is 4.82. The summed E-state index contributed by atoms with van der Waals surface area (Å²) in [5, 5.41) is 3.40. The molecule has 0 aliphatic rings. The van der Waals surface area contributed by atoms with Crippen LogP contribution in [0.5, 0.6) is 0 Å². The topological polar surface area (TPSA) is 29.9 Å². The largest absolute Gasteiger partial charge is 0.356 e. The van der Waals surface area contributed by atoms with Crippen LogP contribution >= 0.6 is 0 Å². The Bertz CT molecular complexity index is 448. The molecule has 3 heteroatoms. The number of benzene rings is 1. The molecule has 0 fully saturated rings. The van der Waals surface area contributed by atoms with Crippen LogP contribution in [-0.2, 0) is 13.0 Å². The zero-order chi connectivity index (χ0) is 12.6. The summed E-state index contributed by atoms with van der Waals surface area (Å²) >= 11 is 0. The molecule has 0 aliphatic carbocycles. The molecular weight excluding hydrogens is 222 g/mol. The van der Waals surface area contributed by atoms with E-state index in [4.69, 9.17) is 0 Å². The van der Waals surface area contributed by atoms with Crippen molar-refractivity contribution in [2.24, 2.45) is 0 Å². The minimum atomic E-state index is 0.968. The second kappa shape index (κ2) is 6.84. The van der Waals surface area contributed by atoms with E-state index in [9.17, 15) is 0 Å². The summed E-state index contributed by atoms with van der Waals surface area (Å²) in [6.45, 7) is 4.18. The fourth-order valence-corrected chi connectivity index (χ4v) is 2.04.